The van der Waals surface area contributed by atoms with Gasteiger partial charge in [-0.2, -0.15) is 0 Å². The van der Waals surface area contributed by atoms with E-state index in [1.807, 2.05) is 0 Å². The summed E-state index contributed by atoms with van der Waals surface area (Å²) in [5.74, 6) is 0.555. The van der Waals surface area contributed by atoms with Crippen molar-refractivity contribution in [3.05, 3.63) is 0 Å². The molecule has 1 aliphatic rings. The van der Waals surface area contributed by atoms with Gasteiger partial charge < -0.3 is 15.1 Å². The Kier molecular flexibility index (Phi) is 7.01. The lowest BCUT2D eigenvalue weighted by Gasteiger charge is -2.34. The van der Waals surface area contributed by atoms with Crippen LogP contribution in [0.4, 0.5) is 0 Å². The van der Waals surface area contributed by atoms with Crippen molar-refractivity contribution in [1.29, 1.82) is 0 Å². The number of unbranched alkanes of at least 4 members (excludes halogenated alkanes) is 2. The first kappa shape index (κ1) is 13.9. The van der Waals surface area contributed by atoms with E-state index in [1.54, 1.807) is 0 Å². The van der Waals surface area contributed by atoms with E-state index in [2.05, 4.69) is 11.9 Å². The van der Waals surface area contributed by atoms with Crippen molar-refractivity contribution < 1.29 is 10.2 Å². The lowest BCUT2D eigenvalue weighted by atomic mass is 9.86. The second-order valence-corrected chi connectivity index (χ2v) is 5.12. The van der Waals surface area contributed by atoms with Gasteiger partial charge in [-0.25, -0.2) is 0 Å². The van der Waals surface area contributed by atoms with Crippen LogP contribution in [0.2, 0.25) is 0 Å². The minimum atomic E-state index is 0.325. The Labute approximate surface area is 99.5 Å². The second kappa shape index (κ2) is 8.04. The van der Waals surface area contributed by atoms with Crippen molar-refractivity contribution in [2.45, 2.75) is 51.0 Å². The van der Waals surface area contributed by atoms with Crippen molar-refractivity contribution in [2.75, 3.05) is 26.8 Å². The van der Waals surface area contributed by atoms with E-state index in [0.29, 0.717) is 19.1 Å². The molecule has 0 heterocycles. The summed E-state index contributed by atoms with van der Waals surface area (Å²) in [7, 11) is 2.21. The summed E-state index contributed by atoms with van der Waals surface area (Å²) >= 11 is 0. The lowest BCUT2D eigenvalue weighted by molar-refractivity contribution is 0.126. The molecule has 2 N–H and O–H groups in total. The zero-order valence-corrected chi connectivity index (χ0v) is 10.6. The van der Waals surface area contributed by atoms with E-state index in [4.69, 9.17) is 10.2 Å². The predicted molar refractivity (Wildman–Crippen MR) is 66.4 cm³/mol. The molecule has 0 radical (unpaired) electrons. The third-order valence-corrected chi connectivity index (χ3v) is 3.87. The van der Waals surface area contributed by atoms with Gasteiger partial charge in [0, 0.05) is 19.3 Å². The lowest BCUT2D eigenvalue weighted by Crippen LogP contribution is -2.36. The van der Waals surface area contributed by atoms with Crippen molar-refractivity contribution in [3.8, 4) is 0 Å². The molecule has 1 fully saturated rings. The highest BCUT2D eigenvalue weighted by atomic mass is 16.3. The highest BCUT2D eigenvalue weighted by Crippen LogP contribution is 2.26. The van der Waals surface area contributed by atoms with Crippen molar-refractivity contribution in [2.24, 2.45) is 5.92 Å². The van der Waals surface area contributed by atoms with Crippen LogP contribution < -0.4 is 0 Å². The van der Waals surface area contributed by atoms with Gasteiger partial charge in [0.05, 0.1) is 0 Å². The molecule has 16 heavy (non-hydrogen) atoms. The molecule has 0 unspecified atom stereocenters. The Morgan fingerprint density at radius 3 is 2.25 bits per heavy atom. The maximum atomic E-state index is 9.08. The number of aliphatic hydroxyl groups excluding tert-OH is 2. The number of hydrogen-bond donors (Lipinski definition) is 2. The molecule has 3 heteroatoms. The van der Waals surface area contributed by atoms with Crippen LogP contribution in [0, 0.1) is 5.92 Å². The largest absolute Gasteiger partial charge is 0.396 e. The maximum absolute atomic E-state index is 9.08. The number of rotatable bonds is 7. The van der Waals surface area contributed by atoms with E-state index >= 15 is 0 Å². The Morgan fingerprint density at radius 1 is 1.00 bits per heavy atom. The first-order valence-corrected chi connectivity index (χ1v) is 6.70. The summed E-state index contributed by atoms with van der Waals surface area (Å²) in [5, 5.41) is 17.8. The van der Waals surface area contributed by atoms with Crippen LogP contribution in [-0.2, 0) is 0 Å². The third-order valence-electron chi connectivity index (χ3n) is 3.87. The smallest absolute Gasteiger partial charge is 0.0459 e. The second-order valence-electron chi connectivity index (χ2n) is 5.12. The van der Waals surface area contributed by atoms with Gasteiger partial charge in [0.1, 0.15) is 0 Å². The van der Waals surface area contributed by atoms with Crippen LogP contribution in [0.1, 0.15) is 44.9 Å². The first-order chi connectivity index (χ1) is 7.77. The minimum absolute atomic E-state index is 0.325. The molecule has 0 saturated heterocycles. The van der Waals surface area contributed by atoms with Gasteiger partial charge in [-0.1, -0.05) is 0 Å². The molecule has 96 valence electrons. The molecule has 0 bridgehead atoms. The minimum Gasteiger partial charge on any atom is -0.396 e. The van der Waals surface area contributed by atoms with Crippen LogP contribution in [0.5, 0.6) is 0 Å². The summed E-state index contributed by atoms with van der Waals surface area (Å²) in [6.45, 7) is 1.84. The average molecular weight is 229 g/mol. The fourth-order valence-electron chi connectivity index (χ4n) is 2.60. The van der Waals surface area contributed by atoms with Gasteiger partial charge in [0.2, 0.25) is 0 Å². The molecular formula is C13H27NO2. The molecule has 0 aliphatic heterocycles. The fourth-order valence-corrected chi connectivity index (χ4v) is 2.60. The summed E-state index contributed by atoms with van der Waals surface area (Å²) in [5.41, 5.74) is 0. The van der Waals surface area contributed by atoms with Gasteiger partial charge in [-0.3, -0.25) is 0 Å². The van der Waals surface area contributed by atoms with E-state index in [1.165, 1.54) is 32.1 Å². The van der Waals surface area contributed by atoms with E-state index in [9.17, 15) is 0 Å². The highest BCUT2D eigenvalue weighted by Gasteiger charge is 2.22. The van der Waals surface area contributed by atoms with Crippen LogP contribution in [0.15, 0.2) is 0 Å². The summed E-state index contributed by atoms with van der Waals surface area (Å²) in [6, 6.07) is 0.719. The molecule has 0 atom stereocenters. The van der Waals surface area contributed by atoms with Crippen LogP contribution in [0.25, 0.3) is 0 Å². The third kappa shape index (κ3) is 4.81. The molecule has 0 aromatic carbocycles. The fraction of sp³-hybridized carbons (Fsp3) is 1.00. The number of hydrogen-bond acceptors (Lipinski definition) is 3. The van der Waals surface area contributed by atoms with Gasteiger partial charge in [-0.05, 0) is 64.5 Å². The Balaban J connectivity index is 2.10. The van der Waals surface area contributed by atoms with E-state index < -0.39 is 0 Å². The Morgan fingerprint density at radius 2 is 1.69 bits per heavy atom. The standard InChI is InChI=1S/C13H27NO2/c1-14(9-3-2-4-10-15)13-7-5-12(11-16)6-8-13/h12-13,15-16H,2-11H2,1H3. The molecule has 1 saturated carbocycles. The predicted octanol–water partition coefficient (Wildman–Crippen LogP) is 1.63. The summed E-state index contributed by atoms with van der Waals surface area (Å²) in [4.78, 5) is 2.46. The van der Waals surface area contributed by atoms with E-state index in [0.717, 1.165) is 25.4 Å². The maximum Gasteiger partial charge on any atom is 0.0459 e. The van der Waals surface area contributed by atoms with Gasteiger partial charge in [0.25, 0.3) is 0 Å². The van der Waals surface area contributed by atoms with Crippen molar-refractivity contribution in [3.63, 3.8) is 0 Å². The molecule has 1 aliphatic carbocycles. The molecule has 0 aromatic heterocycles. The topological polar surface area (TPSA) is 43.7 Å². The van der Waals surface area contributed by atoms with Gasteiger partial charge >= 0.3 is 0 Å². The monoisotopic (exact) mass is 229 g/mol. The molecular weight excluding hydrogens is 202 g/mol. The zero-order valence-electron chi connectivity index (χ0n) is 10.6. The average Bonchev–Trinajstić information content (AvgIpc) is 2.34. The summed E-state index contributed by atoms with van der Waals surface area (Å²) in [6.07, 6.45) is 8.10. The Hall–Kier alpha value is -0.120. The molecule has 3 nitrogen and oxygen atoms in total. The normalized spacial score (nSPS) is 26.2. The van der Waals surface area contributed by atoms with Gasteiger partial charge in [-0.15, -0.1) is 0 Å². The van der Waals surface area contributed by atoms with Crippen LogP contribution >= 0.6 is 0 Å². The highest BCUT2D eigenvalue weighted by molar-refractivity contribution is 4.77. The van der Waals surface area contributed by atoms with Gasteiger partial charge in [0.15, 0.2) is 0 Å². The molecule has 0 aromatic rings. The molecule has 1 rings (SSSR count). The van der Waals surface area contributed by atoms with Crippen LogP contribution in [-0.4, -0.2) is 48.0 Å². The summed E-state index contributed by atoms with van der Waals surface area (Å²) < 4.78 is 0. The van der Waals surface area contributed by atoms with Crippen molar-refractivity contribution in [1.82, 2.24) is 4.90 Å². The van der Waals surface area contributed by atoms with E-state index in [-0.39, 0.29) is 0 Å². The number of aliphatic hydroxyl groups is 2. The number of nitrogens with zero attached hydrogens (tertiary/aromatic N) is 1. The Bertz CT molecular complexity index is 167. The first-order valence-electron chi connectivity index (χ1n) is 6.70. The van der Waals surface area contributed by atoms with Crippen LogP contribution in [0.3, 0.4) is 0 Å². The van der Waals surface area contributed by atoms with Crippen molar-refractivity contribution >= 4 is 0 Å². The quantitative estimate of drug-likeness (QED) is 0.652. The molecule has 0 amide bonds. The zero-order chi connectivity index (χ0) is 11.8. The molecule has 0 spiro atoms. The SMILES string of the molecule is CN(CCCCCO)C1CCC(CO)CC1.